The minimum Gasteiger partial charge on any atom is -0.457 e. The molecule has 1 fully saturated rings. The summed E-state index contributed by atoms with van der Waals surface area (Å²) in [5, 5.41) is 7.25. The molecule has 3 amide bonds. The molecule has 1 saturated heterocycles. The Morgan fingerprint density at radius 1 is 0.860 bits per heavy atom. The maximum atomic E-state index is 13.6. The van der Waals surface area contributed by atoms with Gasteiger partial charge in [-0.05, 0) is 78.9 Å². The Morgan fingerprint density at radius 3 is 2.12 bits per heavy atom. The van der Waals surface area contributed by atoms with Crippen LogP contribution >= 0.6 is 70.4 Å². The molecule has 3 aromatic carbocycles. The summed E-state index contributed by atoms with van der Waals surface area (Å²) in [5.41, 5.74) is 1.61. The van der Waals surface area contributed by atoms with Crippen molar-refractivity contribution in [2.45, 2.75) is 12.5 Å². The van der Waals surface area contributed by atoms with Crippen LogP contribution in [0.3, 0.4) is 0 Å². The average Bonchev–Trinajstić information content (AvgIpc) is 3.55. The summed E-state index contributed by atoms with van der Waals surface area (Å²) >= 11 is 30.6. The highest BCUT2D eigenvalue weighted by Gasteiger charge is 2.41. The van der Waals surface area contributed by atoms with E-state index in [2.05, 4.69) is 10.6 Å². The van der Waals surface area contributed by atoms with Gasteiger partial charge in [-0.15, -0.1) is 0 Å². The van der Waals surface area contributed by atoms with E-state index in [1.807, 2.05) is 0 Å². The zero-order chi connectivity index (χ0) is 30.7. The summed E-state index contributed by atoms with van der Waals surface area (Å²) in [5.74, 6) is -0.762. The molecule has 13 heteroatoms. The first-order valence-corrected chi connectivity index (χ1v) is 15.3. The molecule has 43 heavy (non-hydrogen) atoms. The highest BCUT2D eigenvalue weighted by Crippen LogP contribution is 2.36. The summed E-state index contributed by atoms with van der Waals surface area (Å²) in [4.78, 5) is 41.6. The lowest BCUT2D eigenvalue weighted by Gasteiger charge is -2.25. The second-order valence-electron chi connectivity index (χ2n) is 9.15. The fourth-order valence-corrected chi connectivity index (χ4v) is 5.98. The van der Waals surface area contributed by atoms with E-state index >= 15 is 0 Å². The third kappa shape index (κ3) is 7.62. The first-order chi connectivity index (χ1) is 20.6. The van der Waals surface area contributed by atoms with Gasteiger partial charge in [0.05, 0.1) is 21.4 Å². The molecule has 0 spiro atoms. The van der Waals surface area contributed by atoms with E-state index in [1.165, 1.54) is 6.08 Å². The molecule has 5 rings (SSSR count). The van der Waals surface area contributed by atoms with Crippen molar-refractivity contribution in [1.82, 2.24) is 4.90 Å². The number of hydrogen-bond donors (Lipinski definition) is 2. The Hall–Kier alpha value is -3.31. The number of anilines is 2. The van der Waals surface area contributed by atoms with Crippen LogP contribution in [0.2, 0.25) is 20.1 Å². The van der Waals surface area contributed by atoms with E-state index < -0.39 is 23.8 Å². The molecule has 218 valence electrons. The van der Waals surface area contributed by atoms with E-state index in [1.54, 1.807) is 78.9 Å². The predicted octanol–water partition coefficient (Wildman–Crippen LogP) is 8.80. The maximum absolute atomic E-state index is 13.6. The molecule has 0 radical (unpaired) electrons. The fourth-order valence-electron chi connectivity index (χ4n) is 4.09. The molecule has 0 unspecified atom stereocenters. The van der Waals surface area contributed by atoms with Crippen LogP contribution in [0.1, 0.15) is 12.2 Å². The van der Waals surface area contributed by atoms with E-state index in [4.69, 9.17) is 63.0 Å². The molecule has 1 aliphatic heterocycles. The van der Waals surface area contributed by atoms with E-state index in [0.29, 0.717) is 48.5 Å². The summed E-state index contributed by atoms with van der Waals surface area (Å²) in [6.07, 6.45) is 1.16. The number of carbonyl (C=O) groups excluding carboxylic acids is 3. The van der Waals surface area contributed by atoms with Crippen molar-refractivity contribution in [2.24, 2.45) is 0 Å². The van der Waals surface area contributed by atoms with Crippen molar-refractivity contribution in [1.29, 1.82) is 0 Å². The normalized spacial score (nSPS) is 14.7. The molecule has 2 N–H and O–H groups in total. The maximum Gasteiger partial charge on any atom is 0.267 e. The van der Waals surface area contributed by atoms with Crippen LogP contribution in [0, 0.1) is 0 Å². The Bertz CT molecular complexity index is 1760. The van der Waals surface area contributed by atoms with E-state index in [-0.39, 0.29) is 15.6 Å². The van der Waals surface area contributed by atoms with Gasteiger partial charge in [0.15, 0.2) is 0 Å². The number of hydrogen-bond acceptors (Lipinski definition) is 6. The lowest BCUT2D eigenvalue weighted by molar-refractivity contribution is -0.132. The number of amides is 3. The van der Waals surface area contributed by atoms with Gasteiger partial charge >= 0.3 is 0 Å². The zero-order valence-corrected chi connectivity index (χ0v) is 26.4. The van der Waals surface area contributed by atoms with Gasteiger partial charge in [0.2, 0.25) is 11.8 Å². The number of carbonyl (C=O) groups is 3. The zero-order valence-electron chi connectivity index (χ0n) is 21.8. The molecular formula is C30H19Cl4N3O4S2. The van der Waals surface area contributed by atoms with Gasteiger partial charge in [0, 0.05) is 33.1 Å². The van der Waals surface area contributed by atoms with Gasteiger partial charge in [-0.2, -0.15) is 0 Å². The molecule has 4 aromatic rings. The minimum absolute atomic E-state index is 0.114. The van der Waals surface area contributed by atoms with Gasteiger partial charge < -0.3 is 15.1 Å². The Kier molecular flexibility index (Phi) is 9.81. The quantitative estimate of drug-likeness (QED) is 0.142. The highest BCUT2D eigenvalue weighted by molar-refractivity contribution is 8.26. The number of benzene rings is 3. The summed E-state index contributed by atoms with van der Waals surface area (Å²) in [6, 6.07) is 20.2. The second kappa shape index (κ2) is 13.5. The highest BCUT2D eigenvalue weighted by atomic mass is 35.5. The van der Waals surface area contributed by atoms with Gasteiger partial charge in [-0.3, -0.25) is 19.3 Å². The van der Waals surface area contributed by atoms with Gasteiger partial charge in [0.25, 0.3) is 5.91 Å². The van der Waals surface area contributed by atoms with Crippen molar-refractivity contribution in [3.63, 3.8) is 0 Å². The number of thioether (sulfide) groups is 1. The first kappa shape index (κ1) is 31.1. The third-order valence-corrected chi connectivity index (χ3v) is 8.73. The number of rotatable bonds is 8. The Balaban J connectivity index is 1.39. The fraction of sp³-hybridized carbons (Fsp3) is 0.0667. The largest absolute Gasteiger partial charge is 0.457 e. The molecule has 1 atom stereocenters. The lowest BCUT2D eigenvalue weighted by atomic mass is 10.1. The molecular weight excluding hydrogens is 672 g/mol. The number of halogens is 4. The average molecular weight is 691 g/mol. The molecule has 0 saturated carbocycles. The van der Waals surface area contributed by atoms with Crippen LogP contribution in [-0.2, 0) is 14.4 Å². The van der Waals surface area contributed by atoms with Crippen molar-refractivity contribution in [3.05, 3.63) is 110 Å². The van der Waals surface area contributed by atoms with Crippen LogP contribution in [0.15, 0.2) is 88.2 Å². The van der Waals surface area contributed by atoms with Crippen molar-refractivity contribution in [3.8, 4) is 11.3 Å². The van der Waals surface area contributed by atoms with Crippen molar-refractivity contribution in [2.75, 3.05) is 10.6 Å². The smallest absolute Gasteiger partial charge is 0.267 e. The molecule has 0 bridgehead atoms. The molecule has 1 aliphatic rings. The monoisotopic (exact) mass is 689 g/mol. The summed E-state index contributed by atoms with van der Waals surface area (Å²) < 4.78 is 6.03. The number of nitrogens with zero attached hydrogens (tertiary/aromatic N) is 1. The van der Waals surface area contributed by atoms with Gasteiger partial charge in [0.1, 0.15) is 21.9 Å². The SMILES string of the molecule is O=C(C[C@H](C(=O)Nc1ccc(Cl)cc1)N1C(=O)/C(=C/c2ccc(-c3ccc(Cl)c(Cl)c3)o2)SC1=S)Nc1ccc(Cl)cc1. The minimum atomic E-state index is -1.26. The summed E-state index contributed by atoms with van der Waals surface area (Å²) in [6.45, 7) is 0. The standard InChI is InChI=1S/C30H19Cl4N3O4S2/c31-17-2-6-19(7-3-17)35-27(38)15-24(28(39)36-20-8-4-18(32)5-9-20)37-29(40)26(43-30(37)42)14-21-10-12-25(41-21)16-1-11-22(33)23(34)13-16/h1-14,24H,15H2,(H,35,38)(H,36,39)/b26-14-/t24-/m1/s1. The first-order valence-electron chi connectivity index (χ1n) is 12.5. The molecule has 1 aromatic heterocycles. The molecule has 0 aliphatic carbocycles. The second-order valence-corrected chi connectivity index (χ2v) is 12.5. The predicted molar refractivity (Wildman–Crippen MR) is 178 cm³/mol. The van der Waals surface area contributed by atoms with Gasteiger partial charge in [-0.25, -0.2) is 0 Å². The number of thiocarbonyl (C=S) groups is 1. The summed E-state index contributed by atoms with van der Waals surface area (Å²) in [7, 11) is 0. The Morgan fingerprint density at radius 2 is 1.49 bits per heavy atom. The number of nitrogens with one attached hydrogen (secondary N) is 2. The van der Waals surface area contributed by atoms with Crippen LogP contribution < -0.4 is 10.6 Å². The molecule has 2 heterocycles. The van der Waals surface area contributed by atoms with Crippen LogP contribution in [0.5, 0.6) is 0 Å². The lowest BCUT2D eigenvalue weighted by Crippen LogP contribution is -2.48. The van der Waals surface area contributed by atoms with Gasteiger partial charge in [-0.1, -0.05) is 70.4 Å². The third-order valence-electron chi connectivity index (χ3n) is 6.16. The van der Waals surface area contributed by atoms with Crippen molar-refractivity contribution < 1.29 is 18.8 Å². The topological polar surface area (TPSA) is 91.7 Å². The van der Waals surface area contributed by atoms with Crippen LogP contribution in [-0.4, -0.2) is 33.0 Å². The Labute approximate surface area is 276 Å². The molecule has 7 nitrogen and oxygen atoms in total. The van der Waals surface area contributed by atoms with E-state index in [9.17, 15) is 14.4 Å². The van der Waals surface area contributed by atoms with Crippen molar-refractivity contribution >= 4 is 110 Å². The van der Waals surface area contributed by atoms with Crippen LogP contribution in [0.25, 0.3) is 17.4 Å². The number of furan rings is 1. The van der Waals surface area contributed by atoms with Crippen LogP contribution in [0.4, 0.5) is 11.4 Å². The van der Waals surface area contributed by atoms with E-state index in [0.717, 1.165) is 16.7 Å².